The molecule has 1 fully saturated rings. The summed E-state index contributed by atoms with van der Waals surface area (Å²) in [5, 5.41) is 2.89. The zero-order valence-electron chi connectivity index (χ0n) is 8.77. The highest BCUT2D eigenvalue weighted by molar-refractivity contribution is 9.10. The monoisotopic (exact) mass is 311 g/mol. The van der Waals surface area contributed by atoms with Gasteiger partial charge in [0.25, 0.3) is 5.92 Å². The normalized spacial score (nSPS) is 27.5. The van der Waals surface area contributed by atoms with Crippen LogP contribution in [0, 0.1) is 0 Å². The molecule has 16 heavy (non-hydrogen) atoms. The number of halogens is 4. The van der Waals surface area contributed by atoms with Crippen molar-refractivity contribution >= 4 is 28.3 Å². The number of benzene rings is 1. The molecule has 1 atom stereocenters. The van der Waals surface area contributed by atoms with Gasteiger partial charge in [-0.1, -0.05) is 28.1 Å². The Kier molecular flexibility index (Phi) is 3.98. The fourth-order valence-corrected chi connectivity index (χ4v) is 2.25. The van der Waals surface area contributed by atoms with E-state index in [-0.39, 0.29) is 25.4 Å². The first-order valence-corrected chi connectivity index (χ1v) is 5.60. The van der Waals surface area contributed by atoms with E-state index in [1.807, 2.05) is 31.2 Å². The molecule has 1 unspecified atom stereocenters. The lowest BCUT2D eigenvalue weighted by molar-refractivity contribution is 0.0165. The topological polar surface area (TPSA) is 12.0 Å². The van der Waals surface area contributed by atoms with Crippen molar-refractivity contribution < 1.29 is 8.78 Å². The van der Waals surface area contributed by atoms with Crippen LogP contribution in [0.15, 0.2) is 28.7 Å². The third kappa shape index (κ3) is 2.73. The molecule has 1 aromatic rings. The van der Waals surface area contributed by atoms with E-state index in [2.05, 4.69) is 21.2 Å². The molecule has 1 aliphatic heterocycles. The van der Waals surface area contributed by atoms with Gasteiger partial charge in [-0.2, -0.15) is 0 Å². The predicted octanol–water partition coefficient (Wildman–Crippen LogP) is 3.71. The Morgan fingerprint density at radius 2 is 1.81 bits per heavy atom. The van der Waals surface area contributed by atoms with Crippen LogP contribution < -0.4 is 5.32 Å². The van der Waals surface area contributed by atoms with E-state index in [0.29, 0.717) is 0 Å². The number of rotatable bonds is 1. The quantitative estimate of drug-likeness (QED) is 0.833. The molecular weight excluding hydrogens is 299 g/mol. The Labute approximate surface area is 108 Å². The molecule has 0 spiro atoms. The van der Waals surface area contributed by atoms with Crippen molar-refractivity contribution in [3.63, 3.8) is 0 Å². The van der Waals surface area contributed by atoms with Gasteiger partial charge in [0.1, 0.15) is 0 Å². The van der Waals surface area contributed by atoms with Gasteiger partial charge in [-0.05, 0) is 24.6 Å². The second kappa shape index (κ2) is 4.59. The highest BCUT2D eigenvalue weighted by atomic mass is 79.9. The highest BCUT2D eigenvalue weighted by Gasteiger charge is 2.47. The molecule has 1 aromatic carbocycles. The van der Waals surface area contributed by atoms with Crippen LogP contribution in [-0.4, -0.2) is 12.5 Å². The Balaban J connectivity index is 0.00000128. The van der Waals surface area contributed by atoms with E-state index in [1.54, 1.807) is 0 Å². The van der Waals surface area contributed by atoms with E-state index >= 15 is 0 Å². The van der Waals surface area contributed by atoms with Crippen LogP contribution >= 0.6 is 28.3 Å². The maximum atomic E-state index is 13.1. The first-order valence-electron chi connectivity index (χ1n) is 4.80. The molecule has 0 aromatic heterocycles. The van der Waals surface area contributed by atoms with Crippen molar-refractivity contribution in [1.29, 1.82) is 0 Å². The SMILES string of the molecule is CC1(c2ccc(Br)cc2)CC(F)(F)CN1.Cl. The third-order valence-electron chi connectivity index (χ3n) is 2.83. The lowest BCUT2D eigenvalue weighted by Gasteiger charge is -2.24. The number of nitrogens with one attached hydrogen (secondary N) is 1. The van der Waals surface area contributed by atoms with Crippen molar-refractivity contribution in [2.75, 3.05) is 6.54 Å². The average Bonchev–Trinajstić information content (AvgIpc) is 2.43. The molecular formula is C11H13BrClF2N. The summed E-state index contributed by atoms with van der Waals surface area (Å²) in [6, 6.07) is 7.49. The van der Waals surface area contributed by atoms with Crippen LogP contribution in [0.3, 0.4) is 0 Å². The number of hydrogen-bond donors (Lipinski definition) is 1. The van der Waals surface area contributed by atoms with Crippen molar-refractivity contribution in [2.24, 2.45) is 0 Å². The standard InChI is InChI=1S/C11H12BrF2N.ClH/c1-10(6-11(13,14)7-15-10)8-2-4-9(12)5-3-8;/h2-5,15H,6-7H2,1H3;1H. The first kappa shape index (κ1) is 13.9. The second-order valence-corrected chi connectivity index (χ2v) is 5.14. The largest absolute Gasteiger partial charge is 0.302 e. The van der Waals surface area contributed by atoms with Crippen LogP contribution in [0.5, 0.6) is 0 Å². The smallest absolute Gasteiger partial charge is 0.262 e. The van der Waals surface area contributed by atoms with Gasteiger partial charge in [0, 0.05) is 16.4 Å². The van der Waals surface area contributed by atoms with Crippen molar-refractivity contribution in [3.05, 3.63) is 34.3 Å². The summed E-state index contributed by atoms with van der Waals surface area (Å²) in [6.45, 7) is 1.58. The first-order chi connectivity index (χ1) is 6.91. The molecule has 90 valence electrons. The van der Waals surface area contributed by atoms with Crippen molar-refractivity contribution in [3.8, 4) is 0 Å². The summed E-state index contributed by atoms with van der Waals surface area (Å²) in [7, 11) is 0. The van der Waals surface area contributed by atoms with Crippen LogP contribution in [0.4, 0.5) is 8.78 Å². The van der Waals surface area contributed by atoms with Crippen LogP contribution in [0.1, 0.15) is 18.9 Å². The van der Waals surface area contributed by atoms with E-state index in [0.717, 1.165) is 10.0 Å². The highest BCUT2D eigenvalue weighted by Crippen LogP contribution is 2.38. The Bertz CT molecular complexity index is 369. The Hall–Kier alpha value is -0.190. The lowest BCUT2D eigenvalue weighted by Crippen LogP contribution is -2.32. The lowest BCUT2D eigenvalue weighted by atomic mass is 9.90. The van der Waals surface area contributed by atoms with Gasteiger partial charge in [0.2, 0.25) is 0 Å². The molecule has 2 rings (SSSR count). The molecule has 0 radical (unpaired) electrons. The van der Waals surface area contributed by atoms with Crippen molar-refractivity contribution in [1.82, 2.24) is 5.32 Å². The van der Waals surface area contributed by atoms with Gasteiger partial charge < -0.3 is 5.32 Å². The van der Waals surface area contributed by atoms with Crippen LogP contribution in [-0.2, 0) is 5.54 Å². The van der Waals surface area contributed by atoms with E-state index in [4.69, 9.17) is 0 Å². The molecule has 1 aliphatic rings. The molecule has 5 heteroatoms. The van der Waals surface area contributed by atoms with E-state index in [1.165, 1.54) is 0 Å². The molecule has 1 heterocycles. The van der Waals surface area contributed by atoms with E-state index < -0.39 is 11.5 Å². The van der Waals surface area contributed by atoms with Gasteiger partial charge in [-0.25, -0.2) is 8.78 Å². The third-order valence-corrected chi connectivity index (χ3v) is 3.36. The van der Waals surface area contributed by atoms with Crippen LogP contribution in [0.25, 0.3) is 0 Å². The van der Waals surface area contributed by atoms with Gasteiger partial charge in [-0.3, -0.25) is 0 Å². The molecule has 1 nitrogen and oxygen atoms in total. The summed E-state index contributed by atoms with van der Waals surface area (Å²) in [6.07, 6.45) is -0.137. The maximum absolute atomic E-state index is 13.1. The minimum Gasteiger partial charge on any atom is -0.302 e. The summed E-state index contributed by atoms with van der Waals surface area (Å²) >= 11 is 3.33. The average molecular weight is 313 g/mol. The fraction of sp³-hybridized carbons (Fsp3) is 0.455. The summed E-state index contributed by atoms with van der Waals surface area (Å²) in [5.74, 6) is -2.60. The van der Waals surface area contributed by atoms with Gasteiger partial charge in [-0.15, -0.1) is 12.4 Å². The minimum atomic E-state index is -2.60. The maximum Gasteiger partial charge on any atom is 0.262 e. The Morgan fingerprint density at radius 1 is 1.25 bits per heavy atom. The molecule has 0 aliphatic carbocycles. The number of hydrogen-bond acceptors (Lipinski definition) is 1. The molecule has 0 bridgehead atoms. The van der Waals surface area contributed by atoms with Crippen LogP contribution in [0.2, 0.25) is 0 Å². The Morgan fingerprint density at radius 3 is 2.25 bits per heavy atom. The van der Waals surface area contributed by atoms with Gasteiger partial charge in [0.15, 0.2) is 0 Å². The summed E-state index contributed by atoms with van der Waals surface area (Å²) in [4.78, 5) is 0. The fourth-order valence-electron chi connectivity index (χ4n) is 1.99. The number of alkyl halides is 2. The molecule has 0 amide bonds. The molecule has 1 saturated heterocycles. The zero-order valence-corrected chi connectivity index (χ0v) is 11.2. The molecule has 1 N–H and O–H groups in total. The molecule has 0 saturated carbocycles. The van der Waals surface area contributed by atoms with Crippen molar-refractivity contribution in [2.45, 2.75) is 24.8 Å². The summed E-state index contributed by atoms with van der Waals surface area (Å²) in [5.41, 5.74) is 0.298. The minimum absolute atomic E-state index is 0. The van der Waals surface area contributed by atoms with Gasteiger partial charge in [0.05, 0.1) is 6.54 Å². The second-order valence-electron chi connectivity index (χ2n) is 4.23. The predicted molar refractivity (Wildman–Crippen MR) is 66.3 cm³/mol. The van der Waals surface area contributed by atoms with Gasteiger partial charge >= 0.3 is 0 Å². The van der Waals surface area contributed by atoms with E-state index in [9.17, 15) is 8.78 Å². The summed E-state index contributed by atoms with van der Waals surface area (Å²) < 4.78 is 27.2. The zero-order chi connectivity index (χ0) is 11.1.